The van der Waals surface area contributed by atoms with Crippen molar-refractivity contribution in [3.8, 4) is 0 Å². The molecule has 0 amide bonds. The van der Waals surface area contributed by atoms with E-state index in [0.29, 0.717) is 38.9 Å². The number of carboxylic acid groups (broad SMARTS) is 2. The quantitative estimate of drug-likeness (QED) is 0.396. The Morgan fingerprint density at radius 2 is 0.970 bits per heavy atom. The van der Waals surface area contributed by atoms with Gasteiger partial charge in [-0.1, -0.05) is 27.7 Å². The van der Waals surface area contributed by atoms with Gasteiger partial charge in [0.1, 0.15) is 0 Å². The van der Waals surface area contributed by atoms with E-state index in [2.05, 4.69) is 0 Å². The first-order valence-electron chi connectivity index (χ1n) is 11.3. The van der Waals surface area contributed by atoms with Crippen molar-refractivity contribution in [2.75, 3.05) is 13.2 Å². The first-order valence-corrected chi connectivity index (χ1v) is 11.3. The number of esters is 2. The molecule has 0 aromatic rings. The zero-order valence-corrected chi connectivity index (χ0v) is 23.6. The van der Waals surface area contributed by atoms with Crippen molar-refractivity contribution < 1.29 is 38.9 Å². The first-order chi connectivity index (χ1) is 14.5. The van der Waals surface area contributed by atoms with Crippen LogP contribution in [0.1, 0.15) is 81.1 Å². The molecule has 0 unspecified atom stereocenters. The molecule has 0 aromatic carbocycles. The topological polar surface area (TPSA) is 133 Å². The van der Waals surface area contributed by atoms with E-state index < -0.39 is 45.4 Å². The van der Waals surface area contributed by atoms with Gasteiger partial charge in [-0.05, 0) is 64.2 Å². The number of carboxylic acids is 2. The van der Waals surface area contributed by atoms with Crippen molar-refractivity contribution in [3.63, 3.8) is 0 Å². The number of ether oxygens (including phenoxy) is 2. The molecule has 0 N–H and O–H groups in total. The molecule has 0 bridgehead atoms. The molecule has 4 atom stereocenters. The number of aliphatic carboxylic acids is 2. The van der Waals surface area contributed by atoms with Gasteiger partial charge in [-0.25, -0.2) is 0 Å². The number of carbonyl (C=O) groups is 4. The van der Waals surface area contributed by atoms with Gasteiger partial charge < -0.3 is 29.3 Å². The van der Waals surface area contributed by atoms with Gasteiger partial charge in [0.2, 0.25) is 0 Å². The Hall–Kier alpha value is -0.860. The molecule has 2 aliphatic carbocycles. The van der Waals surface area contributed by atoms with Crippen LogP contribution in [0.3, 0.4) is 0 Å². The summed E-state index contributed by atoms with van der Waals surface area (Å²) in [6.07, 6.45) is 2.03. The van der Waals surface area contributed by atoms with Crippen molar-refractivity contribution in [2.45, 2.75) is 81.1 Å². The van der Waals surface area contributed by atoms with Crippen molar-refractivity contribution in [1.82, 2.24) is 0 Å². The van der Waals surface area contributed by atoms with E-state index >= 15 is 0 Å². The van der Waals surface area contributed by atoms with Gasteiger partial charge >= 0.3 is 49.7 Å². The van der Waals surface area contributed by atoms with Gasteiger partial charge in [0.15, 0.2) is 0 Å². The molecule has 0 spiro atoms. The molecule has 0 aliphatic heterocycles. The zero-order valence-electron chi connectivity index (χ0n) is 21.4. The number of rotatable bonds is 6. The Kier molecular flexibility index (Phi) is 11.4. The van der Waals surface area contributed by atoms with Crippen LogP contribution < -0.4 is 10.2 Å². The summed E-state index contributed by atoms with van der Waals surface area (Å²) < 4.78 is 10.1. The third-order valence-electron chi connectivity index (χ3n) is 8.47. The monoisotopic (exact) mass is 494 g/mol. The molecule has 0 aromatic heterocycles. The summed E-state index contributed by atoms with van der Waals surface area (Å²) in [4.78, 5) is 45.9. The van der Waals surface area contributed by atoms with E-state index in [0.717, 1.165) is 0 Å². The minimum Gasteiger partial charge on any atom is -0.550 e. The molecule has 9 heteroatoms. The Morgan fingerprint density at radius 1 is 0.697 bits per heavy atom. The van der Waals surface area contributed by atoms with E-state index in [4.69, 9.17) is 9.47 Å². The molecule has 33 heavy (non-hydrogen) atoms. The molecule has 2 rings (SSSR count). The van der Waals surface area contributed by atoms with Crippen LogP contribution in [-0.2, 0) is 28.7 Å². The summed E-state index contributed by atoms with van der Waals surface area (Å²) >= 11 is 0. The van der Waals surface area contributed by atoms with E-state index in [1.807, 2.05) is 0 Å². The van der Waals surface area contributed by atoms with Gasteiger partial charge in [0.05, 0.1) is 24.0 Å². The third kappa shape index (κ3) is 5.87. The molecule has 8 nitrogen and oxygen atoms in total. The van der Waals surface area contributed by atoms with E-state index in [1.54, 1.807) is 55.4 Å². The fraction of sp³-hybridized carbons (Fsp3) is 0.833. The summed E-state index contributed by atoms with van der Waals surface area (Å²) in [6, 6.07) is 0. The predicted octanol–water partition coefficient (Wildman–Crippen LogP) is 1.10. The summed E-state index contributed by atoms with van der Waals surface area (Å²) in [7, 11) is 0. The molecular formula is C24H38CaO8. The van der Waals surface area contributed by atoms with Gasteiger partial charge in [-0.3, -0.25) is 9.59 Å². The number of carbonyl (C=O) groups excluding carboxylic acids is 4. The zero-order chi connectivity index (χ0) is 25.1. The standard InChI is InChI=1S/2C12H20O4.Ca/c2*1-5-16-10(15)12(4)7-6-8(9(13)14)11(12,2)3;/h2*8H,5-7H2,1-4H3,(H,13,14);/q;;+2/p-2/t2*8-,12+;/m00./s1. The van der Waals surface area contributed by atoms with Gasteiger partial charge in [0.25, 0.3) is 0 Å². The third-order valence-corrected chi connectivity index (χ3v) is 8.47. The Morgan fingerprint density at radius 3 is 1.15 bits per heavy atom. The second-order valence-electron chi connectivity index (χ2n) is 10.4. The summed E-state index contributed by atoms with van der Waals surface area (Å²) in [6.45, 7) is 14.9. The second-order valence-corrected chi connectivity index (χ2v) is 10.4. The molecule has 0 heterocycles. The maximum absolute atomic E-state index is 11.9. The van der Waals surface area contributed by atoms with Crippen LogP contribution in [0.15, 0.2) is 0 Å². The predicted molar refractivity (Wildman–Crippen MR) is 118 cm³/mol. The molecule has 2 fully saturated rings. The SMILES string of the molecule is CCOC(=O)[C@@]1(C)CC[C@@H](C(=O)[O-])C1(C)C.CCOC(=O)[C@@]1(C)CC[C@@H](C(=O)[O-])C1(C)C.[Ca+2]. The van der Waals surface area contributed by atoms with Crippen molar-refractivity contribution >= 4 is 61.6 Å². The molecular weight excluding hydrogens is 456 g/mol. The smallest absolute Gasteiger partial charge is 0.550 e. The van der Waals surface area contributed by atoms with Crippen LogP contribution >= 0.6 is 0 Å². The van der Waals surface area contributed by atoms with Crippen molar-refractivity contribution in [1.29, 1.82) is 0 Å². The van der Waals surface area contributed by atoms with Crippen LogP contribution in [0.4, 0.5) is 0 Å². The second kappa shape index (κ2) is 11.7. The van der Waals surface area contributed by atoms with Crippen molar-refractivity contribution in [2.24, 2.45) is 33.5 Å². The fourth-order valence-corrected chi connectivity index (χ4v) is 5.14. The average Bonchev–Trinajstić information content (AvgIpc) is 3.06. The van der Waals surface area contributed by atoms with E-state index in [9.17, 15) is 29.4 Å². The number of hydrogen-bond acceptors (Lipinski definition) is 8. The molecule has 0 radical (unpaired) electrons. The summed E-state index contributed by atoms with van der Waals surface area (Å²) in [5.41, 5.74) is -2.71. The van der Waals surface area contributed by atoms with Crippen LogP contribution in [0.25, 0.3) is 0 Å². The Balaban J connectivity index is 0.000000602. The maximum Gasteiger partial charge on any atom is 2.00 e. The first kappa shape index (κ1) is 32.1. The molecule has 2 aliphatic rings. The number of hydrogen-bond donors (Lipinski definition) is 0. The van der Waals surface area contributed by atoms with E-state index in [1.165, 1.54) is 0 Å². The van der Waals surface area contributed by atoms with Gasteiger partial charge in [0, 0.05) is 23.8 Å². The average molecular weight is 495 g/mol. The van der Waals surface area contributed by atoms with Crippen LogP contribution in [0.5, 0.6) is 0 Å². The minimum atomic E-state index is -1.07. The summed E-state index contributed by atoms with van der Waals surface area (Å²) in [5.74, 6) is -3.91. The van der Waals surface area contributed by atoms with Crippen LogP contribution in [-0.4, -0.2) is 74.8 Å². The molecule has 2 saturated carbocycles. The van der Waals surface area contributed by atoms with Gasteiger partial charge in [-0.15, -0.1) is 0 Å². The largest absolute Gasteiger partial charge is 2.00 e. The summed E-state index contributed by atoms with van der Waals surface area (Å²) in [5, 5.41) is 22.0. The molecule has 184 valence electrons. The molecule has 0 saturated heterocycles. The maximum atomic E-state index is 11.9. The van der Waals surface area contributed by atoms with Crippen LogP contribution in [0.2, 0.25) is 0 Å². The fourth-order valence-electron chi connectivity index (χ4n) is 5.14. The van der Waals surface area contributed by atoms with Crippen molar-refractivity contribution in [3.05, 3.63) is 0 Å². The van der Waals surface area contributed by atoms with Gasteiger partial charge in [-0.2, -0.15) is 0 Å². The minimum absolute atomic E-state index is 0. The Labute approximate surface area is 227 Å². The van der Waals surface area contributed by atoms with E-state index in [-0.39, 0.29) is 49.7 Å². The van der Waals surface area contributed by atoms with Crippen LogP contribution in [0, 0.1) is 33.5 Å². The normalized spacial score (nSPS) is 31.4. The Bertz CT molecular complexity index is 685.